The fourth-order valence-electron chi connectivity index (χ4n) is 3.20. The van der Waals surface area contributed by atoms with Crippen LogP contribution in [0.1, 0.15) is 57.8 Å². The van der Waals surface area contributed by atoms with E-state index < -0.39 is 25.5 Å². The van der Waals surface area contributed by atoms with E-state index in [0.29, 0.717) is 0 Å². The third-order valence-corrected chi connectivity index (χ3v) is 6.65. The zero-order valence-electron chi connectivity index (χ0n) is 14.1. The van der Waals surface area contributed by atoms with Crippen molar-refractivity contribution in [2.24, 2.45) is 11.7 Å². The van der Waals surface area contributed by atoms with Crippen LogP contribution >= 0.6 is 7.37 Å². The van der Waals surface area contributed by atoms with Crippen molar-refractivity contribution in [2.75, 3.05) is 12.3 Å². The molecule has 0 bridgehead atoms. The van der Waals surface area contributed by atoms with E-state index in [2.05, 4.69) is 0 Å². The first-order chi connectivity index (χ1) is 11.2. The van der Waals surface area contributed by atoms with E-state index in [-0.39, 0.29) is 49.7 Å². The number of aliphatic carboxylic acids is 1. The number of ketones is 1. The number of carbonyl (C=O) groups excluding carboxylic acids is 1. The maximum Gasteiger partial charge on any atom is 0.303 e. The van der Waals surface area contributed by atoms with Gasteiger partial charge >= 0.3 is 5.97 Å². The quantitative estimate of drug-likeness (QED) is 0.410. The van der Waals surface area contributed by atoms with Crippen LogP contribution in [0.25, 0.3) is 0 Å². The Bertz CT molecular complexity index is 463. The lowest BCUT2D eigenvalue weighted by molar-refractivity contribution is -0.137. The molecule has 5 N–H and O–H groups in total. The first-order valence-corrected chi connectivity index (χ1v) is 10.7. The molecule has 3 atom stereocenters. The predicted molar refractivity (Wildman–Crippen MR) is 91.2 cm³/mol. The number of rotatable bonds is 11. The van der Waals surface area contributed by atoms with Gasteiger partial charge in [-0.2, -0.15) is 0 Å². The monoisotopic (exact) mass is 363 g/mol. The van der Waals surface area contributed by atoms with E-state index in [1.165, 1.54) is 6.42 Å². The van der Waals surface area contributed by atoms with Crippen molar-refractivity contribution in [1.29, 1.82) is 0 Å². The van der Waals surface area contributed by atoms with Crippen LogP contribution in [0.2, 0.25) is 0 Å². The Morgan fingerprint density at radius 3 is 2.33 bits per heavy atom. The number of carboxylic acids is 1. The van der Waals surface area contributed by atoms with E-state index in [4.69, 9.17) is 10.8 Å². The Hall–Kier alpha value is -0.750. The molecule has 7 nitrogen and oxygen atoms in total. The summed E-state index contributed by atoms with van der Waals surface area (Å²) in [7, 11) is -3.40. The van der Waals surface area contributed by atoms with Gasteiger partial charge in [0.2, 0.25) is 7.37 Å². The zero-order chi connectivity index (χ0) is 18.2. The summed E-state index contributed by atoms with van der Waals surface area (Å²) in [5, 5.41) is 18.5. The van der Waals surface area contributed by atoms with Crippen molar-refractivity contribution in [1.82, 2.24) is 0 Å². The maximum atomic E-state index is 12.3. The standard InChI is InChI=1S/C16H30NO6P/c17-14(7-9-16(20)21)15(19)8-6-13(18)11-24(22,23)10-12-4-2-1-3-5-12/h12-14,18H,1-11,17H2,(H,20,21)(H,22,23)/t13-,14+/m1/s1. The Balaban J connectivity index is 2.30. The van der Waals surface area contributed by atoms with Gasteiger partial charge in [0, 0.05) is 19.0 Å². The first-order valence-electron chi connectivity index (χ1n) is 8.68. The molecule has 0 heterocycles. The van der Waals surface area contributed by atoms with Gasteiger partial charge in [-0.1, -0.05) is 19.3 Å². The number of hydrogen-bond acceptors (Lipinski definition) is 5. The molecule has 1 saturated carbocycles. The minimum Gasteiger partial charge on any atom is -0.481 e. The number of aliphatic hydroxyl groups excluding tert-OH is 1. The molecule has 24 heavy (non-hydrogen) atoms. The molecule has 1 fully saturated rings. The van der Waals surface area contributed by atoms with Gasteiger partial charge in [0.25, 0.3) is 0 Å². The van der Waals surface area contributed by atoms with Crippen molar-refractivity contribution in [2.45, 2.75) is 69.9 Å². The summed E-state index contributed by atoms with van der Waals surface area (Å²) in [5.41, 5.74) is 5.60. The third-order valence-electron chi connectivity index (χ3n) is 4.57. The van der Waals surface area contributed by atoms with E-state index in [1.54, 1.807) is 0 Å². The molecule has 0 radical (unpaired) electrons. The van der Waals surface area contributed by atoms with Crippen LogP contribution in [0.3, 0.4) is 0 Å². The van der Waals surface area contributed by atoms with Crippen LogP contribution in [0.5, 0.6) is 0 Å². The lowest BCUT2D eigenvalue weighted by Crippen LogP contribution is -2.32. The maximum absolute atomic E-state index is 12.3. The fourth-order valence-corrected chi connectivity index (χ4v) is 5.36. The second-order valence-electron chi connectivity index (χ2n) is 6.91. The van der Waals surface area contributed by atoms with Crippen LogP contribution < -0.4 is 5.73 Å². The van der Waals surface area contributed by atoms with Gasteiger partial charge in [0.15, 0.2) is 0 Å². The van der Waals surface area contributed by atoms with Crippen LogP contribution in [-0.2, 0) is 14.2 Å². The molecule has 0 aromatic carbocycles. The highest BCUT2D eigenvalue weighted by atomic mass is 31.2. The molecule has 0 amide bonds. The van der Waals surface area contributed by atoms with Gasteiger partial charge in [-0.25, -0.2) is 0 Å². The van der Waals surface area contributed by atoms with Crippen molar-refractivity contribution in [3.63, 3.8) is 0 Å². The number of carboxylic acid groups (broad SMARTS) is 1. The predicted octanol–water partition coefficient (Wildman–Crippen LogP) is 1.74. The second-order valence-corrected chi connectivity index (χ2v) is 9.34. The van der Waals surface area contributed by atoms with Gasteiger partial charge < -0.3 is 20.8 Å². The molecule has 0 saturated heterocycles. The van der Waals surface area contributed by atoms with Crippen molar-refractivity contribution in [3.8, 4) is 0 Å². The van der Waals surface area contributed by atoms with Gasteiger partial charge in [-0.15, -0.1) is 0 Å². The van der Waals surface area contributed by atoms with Gasteiger partial charge in [0.05, 0.1) is 18.3 Å². The average molecular weight is 363 g/mol. The Labute approximate surface area is 143 Å². The molecule has 0 aliphatic heterocycles. The first kappa shape index (κ1) is 21.3. The highest BCUT2D eigenvalue weighted by Gasteiger charge is 2.28. The van der Waals surface area contributed by atoms with Crippen LogP contribution in [-0.4, -0.2) is 51.3 Å². The molecule has 0 aromatic rings. The van der Waals surface area contributed by atoms with Crippen molar-refractivity contribution < 1.29 is 29.3 Å². The number of aliphatic hydroxyl groups is 1. The molecule has 8 heteroatoms. The summed E-state index contributed by atoms with van der Waals surface area (Å²) < 4.78 is 12.3. The summed E-state index contributed by atoms with van der Waals surface area (Å²) in [6, 6.07) is -0.864. The summed E-state index contributed by atoms with van der Waals surface area (Å²) in [4.78, 5) is 32.3. The van der Waals surface area contributed by atoms with Crippen LogP contribution in [0, 0.1) is 5.92 Å². The fraction of sp³-hybridized carbons (Fsp3) is 0.875. The number of hydrogen-bond donors (Lipinski definition) is 4. The van der Waals surface area contributed by atoms with Gasteiger partial charge in [0.1, 0.15) is 5.78 Å². The number of carbonyl (C=O) groups is 2. The third kappa shape index (κ3) is 8.92. The molecular formula is C16H30NO6P. The molecule has 1 aliphatic carbocycles. The Kier molecular flexibility index (Phi) is 9.13. The summed E-state index contributed by atoms with van der Waals surface area (Å²) in [6.07, 6.45) is 4.30. The van der Waals surface area contributed by atoms with Crippen molar-refractivity contribution in [3.05, 3.63) is 0 Å². The highest BCUT2D eigenvalue weighted by Crippen LogP contribution is 2.46. The molecular weight excluding hydrogens is 333 g/mol. The molecule has 0 spiro atoms. The van der Waals surface area contributed by atoms with E-state index in [9.17, 15) is 24.2 Å². The largest absolute Gasteiger partial charge is 0.481 e. The lowest BCUT2D eigenvalue weighted by Gasteiger charge is -2.25. The average Bonchev–Trinajstić information content (AvgIpc) is 2.50. The van der Waals surface area contributed by atoms with E-state index in [1.807, 2.05) is 0 Å². The minimum absolute atomic E-state index is 0.00855. The smallest absolute Gasteiger partial charge is 0.303 e. The summed E-state index contributed by atoms with van der Waals surface area (Å²) >= 11 is 0. The van der Waals surface area contributed by atoms with Crippen molar-refractivity contribution >= 4 is 19.1 Å². The SMILES string of the molecule is N[C@@H](CCC(=O)O)C(=O)CC[C@@H](O)CP(=O)(O)CC1CCCCC1. The highest BCUT2D eigenvalue weighted by molar-refractivity contribution is 7.58. The van der Waals surface area contributed by atoms with E-state index >= 15 is 0 Å². The van der Waals surface area contributed by atoms with Crippen LogP contribution in [0.15, 0.2) is 0 Å². The van der Waals surface area contributed by atoms with E-state index in [0.717, 1.165) is 25.7 Å². The van der Waals surface area contributed by atoms with Crippen LogP contribution in [0.4, 0.5) is 0 Å². The Morgan fingerprint density at radius 2 is 1.75 bits per heavy atom. The summed E-state index contributed by atoms with van der Waals surface area (Å²) in [6.45, 7) is 0. The summed E-state index contributed by atoms with van der Waals surface area (Å²) in [5.74, 6) is -1.08. The topological polar surface area (TPSA) is 138 Å². The number of Topliss-reactive ketones (excluding diaryl/α,β-unsaturated/α-hetero) is 1. The number of nitrogens with two attached hydrogens (primary N) is 1. The lowest BCUT2D eigenvalue weighted by atomic mass is 9.91. The molecule has 1 aliphatic rings. The normalized spacial score (nSPS) is 21.0. The Morgan fingerprint density at radius 1 is 1.12 bits per heavy atom. The zero-order valence-corrected chi connectivity index (χ0v) is 15.0. The second kappa shape index (κ2) is 10.3. The van der Waals surface area contributed by atoms with Gasteiger partial charge in [-0.3, -0.25) is 14.2 Å². The molecule has 1 unspecified atom stereocenters. The molecule has 0 aromatic heterocycles. The molecule has 1 rings (SSSR count). The molecule has 140 valence electrons. The minimum atomic E-state index is -3.40. The van der Waals surface area contributed by atoms with Gasteiger partial charge in [-0.05, 0) is 31.6 Å².